The number of aliphatic hydroxyl groups excluding tert-OH is 1. The van der Waals surface area contributed by atoms with Crippen LogP contribution in [0.1, 0.15) is 12.8 Å². The van der Waals surface area contributed by atoms with Crippen LogP contribution in [0.5, 0.6) is 0 Å². The van der Waals surface area contributed by atoms with E-state index in [0.29, 0.717) is 50.7 Å². The highest BCUT2D eigenvalue weighted by atomic mass is 32.1. The first-order chi connectivity index (χ1) is 9.60. The monoisotopic (exact) mass is 301 g/mol. The highest BCUT2D eigenvalue weighted by molar-refractivity contribution is 7.80. The number of piperazine rings is 1. The van der Waals surface area contributed by atoms with Crippen LogP contribution in [-0.2, 0) is 9.53 Å². The number of ether oxygens (including phenoxy) is 1. The highest BCUT2D eigenvalue weighted by Crippen LogP contribution is 2.33. The van der Waals surface area contributed by atoms with Crippen LogP contribution in [0.15, 0.2) is 0 Å². The van der Waals surface area contributed by atoms with Gasteiger partial charge in [0.25, 0.3) is 0 Å². The third-order valence-corrected chi connectivity index (χ3v) is 4.69. The molecule has 0 aromatic rings. The minimum absolute atomic E-state index is 0.0527. The quantitative estimate of drug-likeness (QED) is 0.662. The lowest BCUT2D eigenvalue weighted by molar-refractivity contribution is -0.144. The summed E-state index contributed by atoms with van der Waals surface area (Å²) in [5, 5.41) is 8.94. The van der Waals surface area contributed by atoms with Crippen molar-refractivity contribution >= 4 is 23.1 Å². The van der Waals surface area contributed by atoms with Gasteiger partial charge in [-0.1, -0.05) is 12.2 Å². The Balaban J connectivity index is 2.00. The van der Waals surface area contributed by atoms with Gasteiger partial charge in [0.15, 0.2) is 0 Å². The molecule has 7 heteroatoms. The van der Waals surface area contributed by atoms with Crippen molar-refractivity contribution in [1.29, 1.82) is 0 Å². The Morgan fingerprint density at radius 2 is 1.85 bits per heavy atom. The SMILES string of the molecule is NC(=S)C1(C(=O)N2CCN(CCO)CC2)CCOCC1. The van der Waals surface area contributed by atoms with Crippen LogP contribution in [0.4, 0.5) is 0 Å². The zero-order valence-electron chi connectivity index (χ0n) is 11.7. The summed E-state index contributed by atoms with van der Waals surface area (Å²) in [6.07, 6.45) is 1.16. The number of carbonyl (C=O) groups is 1. The average molecular weight is 301 g/mol. The first-order valence-electron chi connectivity index (χ1n) is 7.10. The van der Waals surface area contributed by atoms with Crippen molar-refractivity contribution in [3.8, 4) is 0 Å². The third kappa shape index (κ3) is 3.11. The number of thiocarbonyl (C=S) groups is 1. The second-order valence-corrected chi connectivity index (χ2v) is 5.86. The van der Waals surface area contributed by atoms with Crippen LogP contribution < -0.4 is 5.73 Å². The molecule has 2 fully saturated rings. The Kier molecular flexibility index (Phi) is 5.31. The normalized spacial score (nSPS) is 23.6. The predicted octanol–water partition coefficient (Wildman–Crippen LogP) is -0.794. The molecule has 2 heterocycles. The Morgan fingerprint density at radius 1 is 1.25 bits per heavy atom. The lowest BCUT2D eigenvalue weighted by Gasteiger charge is -2.42. The Labute approximate surface area is 124 Å². The number of hydrogen-bond donors (Lipinski definition) is 2. The minimum Gasteiger partial charge on any atom is -0.395 e. The summed E-state index contributed by atoms with van der Waals surface area (Å²) in [7, 11) is 0. The van der Waals surface area contributed by atoms with Gasteiger partial charge in [-0.25, -0.2) is 0 Å². The molecule has 20 heavy (non-hydrogen) atoms. The van der Waals surface area contributed by atoms with Crippen LogP contribution in [-0.4, -0.2) is 78.3 Å². The number of hydrogen-bond acceptors (Lipinski definition) is 5. The van der Waals surface area contributed by atoms with E-state index in [2.05, 4.69) is 4.90 Å². The summed E-state index contributed by atoms with van der Waals surface area (Å²) in [6.45, 7) is 4.81. The number of nitrogens with two attached hydrogens (primary N) is 1. The molecule has 1 amide bonds. The number of nitrogens with zero attached hydrogens (tertiary/aromatic N) is 2. The molecule has 0 bridgehead atoms. The second-order valence-electron chi connectivity index (χ2n) is 5.42. The average Bonchev–Trinajstić information content (AvgIpc) is 2.48. The first kappa shape index (κ1) is 15.6. The Bertz CT molecular complexity index is 364. The molecule has 0 aromatic heterocycles. The summed E-state index contributed by atoms with van der Waals surface area (Å²) in [5.74, 6) is 0.0527. The maximum Gasteiger partial charge on any atom is 0.235 e. The molecule has 114 valence electrons. The minimum atomic E-state index is -0.716. The van der Waals surface area contributed by atoms with E-state index in [1.807, 2.05) is 4.90 Å². The number of β-amino-alcohol motifs (C(OH)–C–C–N with tert-alkyl or cyclic N) is 1. The molecule has 0 radical (unpaired) electrons. The molecule has 2 saturated heterocycles. The molecule has 2 rings (SSSR count). The van der Waals surface area contributed by atoms with Crippen LogP contribution in [0.2, 0.25) is 0 Å². The molecular weight excluding hydrogens is 278 g/mol. The number of carbonyl (C=O) groups excluding carboxylic acids is 1. The van der Waals surface area contributed by atoms with Gasteiger partial charge in [0, 0.05) is 45.9 Å². The lowest BCUT2D eigenvalue weighted by atomic mass is 9.78. The fourth-order valence-electron chi connectivity index (χ4n) is 2.90. The highest BCUT2D eigenvalue weighted by Gasteiger charge is 2.45. The second kappa shape index (κ2) is 6.80. The molecule has 0 atom stereocenters. The summed E-state index contributed by atoms with van der Waals surface area (Å²) in [4.78, 5) is 17.1. The van der Waals surface area contributed by atoms with E-state index in [1.165, 1.54) is 0 Å². The zero-order valence-corrected chi connectivity index (χ0v) is 12.5. The molecule has 0 aromatic carbocycles. The molecule has 0 spiro atoms. The maximum absolute atomic E-state index is 12.8. The van der Waals surface area contributed by atoms with Gasteiger partial charge < -0.3 is 20.5 Å². The van der Waals surface area contributed by atoms with Gasteiger partial charge >= 0.3 is 0 Å². The van der Waals surface area contributed by atoms with Crippen molar-refractivity contribution in [1.82, 2.24) is 9.80 Å². The van der Waals surface area contributed by atoms with Crippen molar-refractivity contribution in [3.05, 3.63) is 0 Å². The van der Waals surface area contributed by atoms with Gasteiger partial charge in [-0.3, -0.25) is 9.69 Å². The summed E-state index contributed by atoms with van der Waals surface area (Å²) in [6, 6.07) is 0. The van der Waals surface area contributed by atoms with E-state index in [-0.39, 0.29) is 12.5 Å². The fourth-order valence-corrected chi connectivity index (χ4v) is 3.20. The molecule has 0 saturated carbocycles. The molecular formula is C13H23N3O3S. The molecule has 3 N–H and O–H groups in total. The lowest BCUT2D eigenvalue weighted by Crippen LogP contribution is -2.57. The maximum atomic E-state index is 12.8. The van der Waals surface area contributed by atoms with Crippen LogP contribution >= 0.6 is 12.2 Å². The first-order valence-corrected chi connectivity index (χ1v) is 7.51. The summed E-state index contributed by atoms with van der Waals surface area (Å²) < 4.78 is 5.34. The van der Waals surface area contributed by atoms with Crippen molar-refractivity contribution in [2.45, 2.75) is 12.8 Å². The summed E-state index contributed by atoms with van der Waals surface area (Å²) in [5.41, 5.74) is 5.15. The largest absolute Gasteiger partial charge is 0.395 e. The van der Waals surface area contributed by atoms with Crippen LogP contribution in [0.25, 0.3) is 0 Å². The molecule has 6 nitrogen and oxygen atoms in total. The zero-order chi connectivity index (χ0) is 14.6. The van der Waals surface area contributed by atoms with Crippen molar-refractivity contribution in [2.24, 2.45) is 11.1 Å². The molecule has 0 aliphatic carbocycles. The predicted molar refractivity (Wildman–Crippen MR) is 79.4 cm³/mol. The smallest absolute Gasteiger partial charge is 0.235 e. The van der Waals surface area contributed by atoms with E-state index in [4.69, 9.17) is 27.8 Å². The number of aliphatic hydroxyl groups is 1. The van der Waals surface area contributed by atoms with Crippen molar-refractivity contribution in [2.75, 3.05) is 52.5 Å². The van der Waals surface area contributed by atoms with E-state index in [0.717, 1.165) is 13.1 Å². The third-order valence-electron chi connectivity index (χ3n) is 4.30. The standard InChI is InChI=1S/C13H23N3O3S/c14-11(20)13(1-9-19-10-2-13)12(18)16-5-3-15(4-6-16)7-8-17/h17H,1-10H2,(H2,14,20). The summed E-state index contributed by atoms with van der Waals surface area (Å²) >= 11 is 5.17. The Hall–Kier alpha value is -0.760. The van der Waals surface area contributed by atoms with E-state index < -0.39 is 5.41 Å². The van der Waals surface area contributed by atoms with Crippen molar-refractivity contribution in [3.63, 3.8) is 0 Å². The van der Waals surface area contributed by atoms with Gasteiger partial charge in [-0.05, 0) is 12.8 Å². The Morgan fingerprint density at radius 3 is 2.35 bits per heavy atom. The van der Waals surface area contributed by atoms with Gasteiger partial charge in [0.05, 0.1) is 11.6 Å². The van der Waals surface area contributed by atoms with Gasteiger partial charge in [0.2, 0.25) is 5.91 Å². The molecule has 2 aliphatic heterocycles. The van der Waals surface area contributed by atoms with Crippen LogP contribution in [0, 0.1) is 5.41 Å². The van der Waals surface area contributed by atoms with Gasteiger partial charge in [-0.2, -0.15) is 0 Å². The van der Waals surface area contributed by atoms with E-state index in [1.54, 1.807) is 0 Å². The van der Waals surface area contributed by atoms with Gasteiger partial charge in [-0.15, -0.1) is 0 Å². The fraction of sp³-hybridized carbons (Fsp3) is 0.846. The van der Waals surface area contributed by atoms with E-state index >= 15 is 0 Å². The number of rotatable bonds is 4. The van der Waals surface area contributed by atoms with Crippen LogP contribution in [0.3, 0.4) is 0 Å². The van der Waals surface area contributed by atoms with Crippen molar-refractivity contribution < 1.29 is 14.6 Å². The molecule has 2 aliphatic rings. The number of amides is 1. The van der Waals surface area contributed by atoms with E-state index in [9.17, 15) is 4.79 Å². The van der Waals surface area contributed by atoms with Gasteiger partial charge in [0.1, 0.15) is 5.41 Å². The molecule has 0 unspecified atom stereocenters. The topological polar surface area (TPSA) is 79.0 Å².